The topological polar surface area (TPSA) is 73.6 Å². The molecule has 1 heterocycles. The van der Waals surface area contributed by atoms with Crippen LogP contribution in [0.1, 0.15) is 11.1 Å². The Morgan fingerprint density at radius 1 is 1.19 bits per heavy atom. The molecule has 3 rings (SSSR count). The van der Waals surface area contributed by atoms with Gasteiger partial charge >= 0.3 is 0 Å². The average molecular weight is 363 g/mol. The molecule has 1 atom stereocenters. The number of carbonyl (C=O) groups is 2. The maximum absolute atomic E-state index is 12.8. The number of amides is 2. The quantitative estimate of drug-likeness (QED) is 0.814. The molecular formula is C21H21N3O3. The molecule has 1 aliphatic rings. The second-order valence-electron chi connectivity index (χ2n) is 6.43. The van der Waals surface area contributed by atoms with Gasteiger partial charge in [-0.1, -0.05) is 42.5 Å². The summed E-state index contributed by atoms with van der Waals surface area (Å²) in [6, 6.07) is 18.8. The Morgan fingerprint density at radius 2 is 1.89 bits per heavy atom. The third kappa shape index (κ3) is 4.15. The zero-order valence-electron chi connectivity index (χ0n) is 15.2. The molecular weight excluding hydrogens is 342 g/mol. The van der Waals surface area contributed by atoms with Crippen LogP contribution >= 0.6 is 0 Å². The molecule has 1 saturated heterocycles. The van der Waals surface area contributed by atoms with Crippen LogP contribution in [0.3, 0.4) is 0 Å². The predicted molar refractivity (Wildman–Crippen MR) is 101 cm³/mol. The second kappa shape index (κ2) is 8.47. The summed E-state index contributed by atoms with van der Waals surface area (Å²) in [5.74, 6) is -0.411. The number of piperazine rings is 1. The highest BCUT2D eigenvalue weighted by molar-refractivity contribution is 5.99. The Labute approximate surface area is 158 Å². The Balaban J connectivity index is 1.91. The monoisotopic (exact) mass is 363 g/mol. The van der Waals surface area contributed by atoms with Gasteiger partial charge in [-0.3, -0.25) is 9.59 Å². The van der Waals surface area contributed by atoms with Crippen LogP contribution in [0.5, 0.6) is 0 Å². The lowest BCUT2D eigenvalue weighted by Gasteiger charge is -2.41. The molecule has 6 heteroatoms. The molecule has 27 heavy (non-hydrogen) atoms. The third-order valence-electron chi connectivity index (χ3n) is 4.66. The van der Waals surface area contributed by atoms with Gasteiger partial charge in [0, 0.05) is 13.7 Å². The number of nitriles is 1. The summed E-state index contributed by atoms with van der Waals surface area (Å²) < 4.78 is 4.98. The molecule has 0 unspecified atom stereocenters. The van der Waals surface area contributed by atoms with Crippen LogP contribution < -0.4 is 4.90 Å². The minimum atomic E-state index is -0.208. The Bertz CT molecular complexity index is 860. The van der Waals surface area contributed by atoms with Gasteiger partial charge in [0.2, 0.25) is 11.8 Å². The second-order valence-corrected chi connectivity index (χ2v) is 6.43. The van der Waals surface area contributed by atoms with Crippen molar-refractivity contribution in [2.24, 2.45) is 0 Å². The lowest BCUT2D eigenvalue weighted by molar-refractivity contribution is -0.142. The number of rotatable bonds is 5. The van der Waals surface area contributed by atoms with Crippen LogP contribution in [0, 0.1) is 11.3 Å². The van der Waals surface area contributed by atoms with Gasteiger partial charge in [-0.25, -0.2) is 0 Å². The Morgan fingerprint density at radius 3 is 2.59 bits per heavy atom. The van der Waals surface area contributed by atoms with Gasteiger partial charge in [0.25, 0.3) is 0 Å². The van der Waals surface area contributed by atoms with Crippen molar-refractivity contribution in [3.63, 3.8) is 0 Å². The minimum absolute atomic E-state index is 0.0283. The van der Waals surface area contributed by atoms with E-state index in [1.54, 1.807) is 34.1 Å². The van der Waals surface area contributed by atoms with Gasteiger partial charge in [0.15, 0.2) is 0 Å². The maximum atomic E-state index is 12.8. The van der Waals surface area contributed by atoms with Gasteiger partial charge < -0.3 is 14.5 Å². The smallest absolute Gasteiger partial charge is 0.249 e. The van der Waals surface area contributed by atoms with Crippen LogP contribution in [-0.4, -0.2) is 49.6 Å². The van der Waals surface area contributed by atoms with E-state index in [9.17, 15) is 14.9 Å². The molecule has 0 saturated carbocycles. The standard InChI is InChI=1S/C21H21N3O3/c1-27-15-21(26)23-14-20(25)24(19-10-6-5-9-17(19)12-22)13-18(23)11-16-7-3-2-4-8-16/h2-10,18H,11,13-15H2,1H3/t18-/m1/s1. The zero-order chi connectivity index (χ0) is 19.2. The van der Waals surface area contributed by atoms with Crippen molar-refractivity contribution in [1.29, 1.82) is 5.26 Å². The average Bonchev–Trinajstić information content (AvgIpc) is 2.70. The summed E-state index contributed by atoms with van der Waals surface area (Å²) in [6.07, 6.45) is 0.620. The highest BCUT2D eigenvalue weighted by atomic mass is 16.5. The summed E-state index contributed by atoms with van der Waals surface area (Å²) >= 11 is 0. The maximum Gasteiger partial charge on any atom is 0.249 e. The van der Waals surface area contributed by atoms with Gasteiger partial charge in [0.05, 0.1) is 17.3 Å². The number of hydrogen-bond donors (Lipinski definition) is 0. The Hall–Kier alpha value is -3.17. The number of anilines is 1. The van der Waals surface area contributed by atoms with Crippen molar-refractivity contribution in [2.45, 2.75) is 12.5 Å². The van der Waals surface area contributed by atoms with E-state index in [1.165, 1.54) is 7.11 Å². The fourth-order valence-corrected chi connectivity index (χ4v) is 3.37. The first-order chi connectivity index (χ1) is 13.1. The summed E-state index contributed by atoms with van der Waals surface area (Å²) in [5, 5.41) is 9.38. The third-order valence-corrected chi connectivity index (χ3v) is 4.66. The summed E-state index contributed by atoms with van der Waals surface area (Å²) in [7, 11) is 1.46. The first-order valence-electron chi connectivity index (χ1n) is 8.76. The van der Waals surface area contributed by atoms with Gasteiger partial charge in [0.1, 0.15) is 19.2 Å². The van der Waals surface area contributed by atoms with Gasteiger partial charge in [-0.2, -0.15) is 5.26 Å². The lowest BCUT2D eigenvalue weighted by atomic mass is 10.0. The van der Waals surface area contributed by atoms with Crippen molar-refractivity contribution in [3.8, 4) is 6.07 Å². The first-order valence-corrected chi connectivity index (χ1v) is 8.76. The van der Waals surface area contributed by atoms with E-state index in [-0.39, 0.29) is 31.0 Å². The molecule has 6 nitrogen and oxygen atoms in total. The highest BCUT2D eigenvalue weighted by Gasteiger charge is 2.36. The summed E-state index contributed by atoms with van der Waals surface area (Å²) in [6.45, 7) is 0.245. The number of para-hydroxylation sites is 1. The molecule has 2 aromatic carbocycles. The van der Waals surface area contributed by atoms with Crippen molar-refractivity contribution in [2.75, 3.05) is 31.7 Å². The number of ether oxygens (including phenoxy) is 1. The zero-order valence-corrected chi connectivity index (χ0v) is 15.2. The number of benzene rings is 2. The predicted octanol–water partition coefficient (Wildman–Crippen LogP) is 1.99. The highest BCUT2D eigenvalue weighted by Crippen LogP contribution is 2.25. The molecule has 138 valence electrons. The van der Waals surface area contributed by atoms with Crippen molar-refractivity contribution >= 4 is 17.5 Å². The van der Waals surface area contributed by atoms with E-state index in [0.29, 0.717) is 24.2 Å². The fraction of sp³-hybridized carbons (Fsp3) is 0.286. The van der Waals surface area contributed by atoms with E-state index in [0.717, 1.165) is 5.56 Å². The fourth-order valence-electron chi connectivity index (χ4n) is 3.37. The van der Waals surface area contributed by atoms with Gasteiger partial charge in [-0.05, 0) is 24.1 Å². The lowest BCUT2D eigenvalue weighted by Crippen LogP contribution is -2.59. The molecule has 1 aliphatic heterocycles. The van der Waals surface area contributed by atoms with Crippen molar-refractivity contribution in [1.82, 2.24) is 4.90 Å². The molecule has 0 aromatic heterocycles. The van der Waals surface area contributed by atoms with Crippen LogP contribution in [0.15, 0.2) is 54.6 Å². The van der Waals surface area contributed by atoms with E-state index >= 15 is 0 Å². The molecule has 0 N–H and O–H groups in total. The van der Waals surface area contributed by atoms with Crippen LogP contribution in [0.25, 0.3) is 0 Å². The normalized spacial score (nSPS) is 16.9. The van der Waals surface area contributed by atoms with Crippen LogP contribution in [-0.2, 0) is 20.7 Å². The van der Waals surface area contributed by atoms with E-state index < -0.39 is 0 Å². The summed E-state index contributed by atoms with van der Waals surface area (Å²) in [4.78, 5) is 28.5. The van der Waals surface area contributed by atoms with Crippen molar-refractivity contribution < 1.29 is 14.3 Å². The van der Waals surface area contributed by atoms with Gasteiger partial charge in [-0.15, -0.1) is 0 Å². The molecule has 0 aliphatic carbocycles. The molecule has 2 amide bonds. The van der Waals surface area contributed by atoms with Crippen LogP contribution in [0.4, 0.5) is 5.69 Å². The minimum Gasteiger partial charge on any atom is -0.375 e. The SMILES string of the molecule is COCC(=O)N1CC(=O)N(c2ccccc2C#N)C[C@H]1Cc1ccccc1. The molecule has 0 radical (unpaired) electrons. The number of carbonyl (C=O) groups excluding carboxylic acids is 2. The summed E-state index contributed by atoms with van der Waals surface area (Å²) in [5.41, 5.74) is 2.11. The van der Waals surface area contributed by atoms with E-state index in [1.807, 2.05) is 30.3 Å². The molecule has 1 fully saturated rings. The Kier molecular flexibility index (Phi) is 5.84. The van der Waals surface area contributed by atoms with Crippen LogP contribution in [0.2, 0.25) is 0 Å². The van der Waals surface area contributed by atoms with E-state index in [2.05, 4.69) is 6.07 Å². The van der Waals surface area contributed by atoms with E-state index in [4.69, 9.17) is 4.74 Å². The largest absolute Gasteiger partial charge is 0.375 e. The molecule has 0 bridgehead atoms. The molecule has 0 spiro atoms. The first kappa shape index (κ1) is 18.6. The van der Waals surface area contributed by atoms with Crippen molar-refractivity contribution in [3.05, 3.63) is 65.7 Å². The molecule has 2 aromatic rings. The number of methoxy groups -OCH3 is 1. The number of nitrogens with zero attached hydrogens (tertiary/aromatic N) is 3. The number of hydrogen-bond acceptors (Lipinski definition) is 4.